The Kier molecular flexibility index (Phi) is 2.38. The van der Waals surface area contributed by atoms with Crippen molar-refractivity contribution in [3.05, 3.63) is 22.9 Å². The van der Waals surface area contributed by atoms with Crippen LogP contribution in [0.1, 0.15) is 24.4 Å². The number of aromatic nitrogens is 2. The molecular formula is C8H15N3O. The van der Waals surface area contributed by atoms with Crippen LogP contribution in [0.4, 0.5) is 0 Å². The maximum absolute atomic E-state index is 11.1. The third-order valence-electron chi connectivity index (χ3n) is 2.29. The highest BCUT2D eigenvalue weighted by atomic mass is 16.5. The van der Waals surface area contributed by atoms with Crippen LogP contribution in [0.15, 0.2) is 6.33 Å². The van der Waals surface area contributed by atoms with Crippen LogP contribution in [0.2, 0.25) is 0 Å². The first-order valence-corrected chi connectivity index (χ1v) is 4.05. The van der Waals surface area contributed by atoms with E-state index in [1.54, 1.807) is 6.33 Å². The zero-order valence-electron chi connectivity index (χ0n) is 7.74. The maximum atomic E-state index is 11.1. The van der Waals surface area contributed by atoms with Crippen molar-refractivity contribution >= 4 is 0 Å². The van der Waals surface area contributed by atoms with E-state index in [9.17, 15) is 5.21 Å². The molecule has 1 unspecified atom stereocenters. The second-order valence-electron chi connectivity index (χ2n) is 3.10. The molecule has 2 N–H and O–H groups in total. The molecule has 0 amide bonds. The van der Waals surface area contributed by atoms with Gasteiger partial charge in [-0.25, -0.2) is 9.30 Å². The van der Waals surface area contributed by atoms with Gasteiger partial charge < -0.3 is 10.9 Å². The van der Waals surface area contributed by atoms with E-state index in [0.717, 1.165) is 16.1 Å². The van der Waals surface area contributed by atoms with Gasteiger partial charge in [0.15, 0.2) is 0 Å². The molecule has 1 rings (SSSR count). The number of nitrogens with two attached hydrogens (primary N) is 1. The molecule has 0 aliphatic carbocycles. The SMILES string of the molecule is Cc1c(C)[n+]([O-])cn1C(C)CN. The number of nitrogens with zero attached hydrogens (tertiary/aromatic N) is 2. The van der Waals surface area contributed by atoms with Gasteiger partial charge in [0.05, 0.1) is 0 Å². The van der Waals surface area contributed by atoms with Gasteiger partial charge in [0, 0.05) is 20.4 Å². The highest BCUT2D eigenvalue weighted by Crippen LogP contribution is 2.09. The molecule has 1 aromatic rings. The molecule has 0 bridgehead atoms. The van der Waals surface area contributed by atoms with Crippen molar-refractivity contribution in [1.29, 1.82) is 0 Å². The first-order valence-electron chi connectivity index (χ1n) is 4.05. The molecule has 4 heteroatoms. The number of rotatable bonds is 2. The van der Waals surface area contributed by atoms with Crippen LogP contribution in [-0.2, 0) is 0 Å². The lowest BCUT2D eigenvalue weighted by atomic mass is 10.3. The minimum Gasteiger partial charge on any atom is -0.711 e. The molecule has 0 spiro atoms. The summed E-state index contributed by atoms with van der Waals surface area (Å²) in [5.41, 5.74) is 7.23. The summed E-state index contributed by atoms with van der Waals surface area (Å²) in [6, 6.07) is 0.193. The van der Waals surface area contributed by atoms with E-state index in [1.807, 2.05) is 25.3 Å². The number of hydrogen-bond donors (Lipinski definition) is 1. The van der Waals surface area contributed by atoms with Crippen LogP contribution in [0.5, 0.6) is 0 Å². The molecular weight excluding hydrogens is 154 g/mol. The molecule has 12 heavy (non-hydrogen) atoms. The monoisotopic (exact) mass is 169 g/mol. The zero-order chi connectivity index (χ0) is 9.30. The quantitative estimate of drug-likeness (QED) is 0.510. The highest BCUT2D eigenvalue weighted by Gasteiger charge is 2.15. The van der Waals surface area contributed by atoms with Crippen LogP contribution in [0.3, 0.4) is 0 Å². The zero-order valence-corrected chi connectivity index (χ0v) is 7.74. The van der Waals surface area contributed by atoms with Gasteiger partial charge in [-0.05, 0) is 6.92 Å². The minimum atomic E-state index is 0.193. The summed E-state index contributed by atoms with van der Waals surface area (Å²) < 4.78 is 2.78. The summed E-state index contributed by atoms with van der Waals surface area (Å²) in [5.74, 6) is 0. The molecule has 4 nitrogen and oxygen atoms in total. The largest absolute Gasteiger partial charge is 0.711 e. The van der Waals surface area contributed by atoms with E-state index in [-0.39, 0.29) is 6.04 Å². The minimum absolute atomic E-state index is 0.193. The first kappa shape index (κ1) is 9.06. The molecule has 0 saturated carbocycles. The van der Waals surface area contributed by atoms with E-state index < -0.39 is 0 Å². The van der Waals surface area contributed by atoms with E-state index in [2.05, 4.69) is 0 Å². The Bertz CT molecular complexity index is 280. The predicted molar refractivity (Wildman–Crippen MR) is 46.6 cm³/mol. The summed E-state index contributed by atoms with van der Waals surface area (Å²) in [5, 5.41) is 11.1. The smallest absolute Gasteiger partial charge is 0.247 e. The Labute approximate surface area is 72.2 Å². The standard InChI is InChI=1S/C8H15N3O/c1-6(4-9)10-5-11(12)8(3)7(10)2/h5-6H,4,9H2,1-3H3. The van der Waals surface area contributed by atoms with Gasteiger partial charge in [-0.15, -0.1) is 0 Å². The average Bonchev–Trinajstić information content (AvgIpc) is 2.32. The molecule has 68 valence electrons. The normalized spacial score (nSPS) is 13.3. The highest BCUT2D eigenvalue weighted by molar-refractivity contribution is 5.04. The fraction of sp³-hybridized carbons (Fsp3) is 0.625. The second kappa shape index (κ2) is 3.15. The molecule has 0 aromatic carbocycles. The Morgan fingerprint density at radius 3 is 2.58 bits per heavy atom. The van der Waals surface area contributed by atoms with E-state index >= 15 is 0 Å². The van der Waals surface area contributed by atoms with Crippen molar-refractivity contribution in [1.82, 2.24) is 4.57 Å². The summed E-state index contributed by atoms with van der Waals surface area (Å²) >= 11 is 0. The predicted octanol–water partition coefficient (Wildman–Crippen LogP) is 0.258. The summed E-state index contributed by atoms with van der Waals surface area (Å²) in [6.45, 7) is 6.28. The Balaban J connectivity index is 3.08. The second-order valence-corrected chi connectivity index (χ2v) is 3.10. The van der Waals surface area contributed by atoms with Crippen molar-refractivity contribution in [3.8, 4) is 0 Å². The van der Waals surface area contributed by atoms with Crippen molar-refractivity contribution in [2.45, 2.75) is 26.8 Å². The van der Waals surface area contributed by atoms with Gasteiger partial charge in [-0.2, -0.15) is 0 Å². The lowest BCUT2D eigenvalue weighted by Gasteiger charge is -2.04. The van der Waals surface area contributed by atoms with Crippen LogP contribution in [0, 0.1) is 19.1 Å². The Morgan fingerprint density at radius 1 is 1.67 bits per heavy atom. The van der Waals surface area contributed by atoms with Crippen molar-refractivity contribution in [3.63, 3.8) is 0 Å². The summed E-state index contributed by atoms with van der Waals surface area (Å²) in [6.07, 6.45) is 1.54. The van der Waals surface area contributed by atoms with Crippen LogP contribution in [0.25, 0.3) is 0 Å². The van der Waals surface area contributed by atoms with Crippen LogP contribution < -0.4 is 10.5 Å². The molecule has 0 radical (unpaired) electrons. The van der Waals surface area contributed by atoms with Gasteiger partial charge in [0.25, 0.3) is 0 Å². The van der Waals surface area contributed by atoms with Crippen LogP contribution in [-0.4, -0.2) is 11.1 Å². The summed E-state index contributed by atoms with van der Waals surface area (Å²) in [4.78, 5) is 0. The third-order valence-corrected chi connectivity index (χ3v) is 2.29. The van der Waals surface area contributed by atoms with E-state index in [0.29, 0.717) is 6.54 Å². The number of hydrogen-bond acceptors (Lipinski definition) is 2. The average molecular weight is 169 g/mol. The molecule has 0 aliphatic heterocycles. The fourth-order valence-electron chi connectivity index (χ4n) is 1.19. The maximum Gasteiger partial charge on any atom is 0.247 e. The molecule has 0 aliphatic rings. The van der Waals surface area contributed by atoms with Gasteiger partial charge in [-0.1, -0.05) is 0 Å². The van der Waals surface area contributed by atoms with Crippen molar-refractivity contribution in [2.75, 3.05) is 6.54 Å². The van der Waals surface area contributed by atoms with Crippen LogP contribution >= 0.6 is 0 Å². The number of imidazole rings is 1. The molecule has 0 fully saturated rings. The van der Waals surface area contributed by atoms with Crippen molar-refractivity contribution in [2.24, 2.45) is 5.73 Å². The fourth-order valence-corrected chi connectivity index (χ4v) is 1.19. The first-order chi connectivity index (χ1) is 5.57. The van der Waals surface area contributed by atoms with Crippen molar-refractivity contribution < 1.29 is 4.73 Å². The summed E-state index contributed by atoms with van der Waals surface area (Å²) in [7, 11) is 0. The van der Waals surface area contributed by atoms with Gasteiger partial charge in [-0.3, -0.25) is 0 Å². The molecule has 0 saturated heterocycles. The lowest BCUT2D eigenvalue weighted by molar-refractivity contribution is -0.611. The topological polar surface area (TPSA) is 57.9 Å². The van der Waals surface area contributed by atoms with Gasteiger partial charge in [0.2, 0.25) is 6.33 Å². The molecule has 1 aromatic heterocycles. The van der Waals surface area contributed by atoms with Gasteiger partial charge >= 0.3 is 0 Å². The Morgan fingerprint density at radius 2 is 2.25 bits per heavy atom. The third kappa shape index (κ3) is 1.30. The van der Waals surface area contributed by atoms with E-state index in [4.69, 9.17) is 5.73 Å². The van der Waals surface area contributed by atoms with E-state index in [1.165, 1.54) is 0 Å². The molecule has 1 atom stereocenters. The molecule has 1 heterocycles. The van der Waals surface area contributed by atoms with Gasteiger partial charge in [0.1, 0.15) is 17.4 Å². The Hall–Kier alpha value is -1.03. The lowest BCUT2D eigenvalue weighted by Crippen LogP contribution is -2.26.